The zero-order valence-corrected chi connectivity index (χ0v) is 14.5. The summed E-state index contributed by atoms with van der Waals surface area (Å²) in [5.41, 5.74) is 3.18. The number of rotatable bonds is 7. The standard InChI is InChI=1S/C22H20O4/c1-2-25-21-13-10-18(22(23)24)14-19(21)15-26-20-11-8-17(9-12-20)16-6-4-3-5-7-16/h3-14H,2,15H2,1H3,(H,23,24). The molecule has 0 aliphatic carbocycles. The van der Waals surface area contributed by atoms with Gasteiger partial charge in [-0.1, -0.05) is 42.5 Å². The molecule has 3 aromatic rings. The van der Waals surface area contributed by atoms with Crippen molar-refractivity contribution >= 4 is 5.97 Å². The van der Waals surface area contributed by atoms with Crippen LogP contribution in [0.1, 0.15) is 22.8 Å². The SMILES string of the molecule is CCOc1ccc(C(=O)O)cc1COc1ccc(-c2ccccc2)cc1. The van der Waals surface area contributed by atoms with Crippen molar-refractivity contribution in [2.24, 2.45) is 0 Å². The van der Waals surface area contributed by atoms with Gasteiger partial charge in [-0.05, 0) is 48.4 Å². The average Bonchev–Trinajstić information content (AvgIpc) is 2.68. The number of hydrogen-bond acceptors (Lipinski definition) is 3. The molecule has 0 bridgehead atoms. The van der Waals surface area contributed by atoms with Crippen LogP contribution < -0.4 is 9.47 Å². The lowest BCUT2D eigenvalue weighted by atomic mass is 10.1. The molecule has 0 aliphatic heterocycles. The Labute approximate surface area is 152 Å². The van der Waals surface area contributed by atoms with Crippen LogP contribution in [0.25, 0.3) is 11.1 Å². The van der Waals surface area contributed by atoms with Gasteiger partial charge in [-0.3, -0.25) is 0 Å². The lowest BCUT2D eigenvalue weighted by molar-refractivity contribution is 0.0696. The van der Waals surface area contributed by atoms with Crippen LogP contribution in [0.4, 0.5) is 0 Å². The number of carboxylic acid groups (broad SMARTS) is 1. The van der Waals surface area contributed by atoms with E-state index in [0.717, 1.165) is 11.1 Å². The summed E-state index contributed by atoms with van der Waals surface area (Å²) in [6.45, 7) is 2.63. The van der Waals surface area contributed by atoms with Crippen LogP contribution in [0.5, 0.6) is 11.5 Å². The molecule has 0 spiro atoms. The third-order valence-electron chi connectivity index (χ3n) is 3.96. The van der Waals surface area contributed by atoms with Crippen LogP contribution in [0.15, 0.2) is 72.8 Å². The Morgan fingerprint density at radius 1 is 0.885 bits per heavy atom. The maximum atomic E-state index is 11.2. The molecule has 1 N–H and O–H groups in total. The predicted octanol–water partition coefficient (Wildman–Crippen LogP) is 5.03. The molecule has 0 fully saturated rings. The van der Waals surface area contributed by atoms with Crippen molar-refractivity contribution in [3.63, 3.8) is 0 Å². The van der Waals surface area contributed by atoms with Crippen LogP contribution in [0.2, 0.25) is 0 Å². The second-order valence-electron chi connectivity index (χ2n) is 5.74. The van der Waals surface area contributed by atoms with Crippen LogP contribution in [0.3, 0.4) is 0 Å². The summed E-state index contributed by atoms with van der Waals surface area (Å²) >= 11 is 0. The third kappa shape index (κ3) is 4.22. The second-order valence-corrected chi connectivity index (χ2v) is 5.74. The van der Waals surface area contributed by atoms with Crippen molar-refractivity contribution in [2.45, 2.75) is 13.5 Å². The van der Waals surface area contributed by atoms with Crippen LogP contribution in [-0.2, 0) is 6.61 Å². The van der Waals surface area contributed by atoms with E-state index in [-0.39, 0.29) is 12.2 Å². The number of aromatic carboxylic acids is 1. The van der Waals surface area contributed by atoms with Crippen molar-refractivity contribution in [1.82, 2.24) is 0 Å². The topological polar surface area (TPSA) is 55.8 Å². The van der Waals surface area contributed by atoms with Gasteiger partial charge in [-0.25, -0.2) is 4.79 Å². The van der Waals surface area contributed by atoms with E-state index < -0.39 is 5.97 Å². The van der Waals surface area contributed by atoms with Gasteiger partial charge in [0, 0.05) is 5.56 Å². The summed E-state index contributed by atoms with van der Waals surface area (Å²) in [6.07, 6.45) is 0. The highest BCUT2D eigenvalue weighted by atomic mass is 16.5. The summed E-state index contributed by atoms with van der Waals surface area (Å²) in [5, 5.41) is 9.17. The fourth-order valence-corrected chi connectivity index (χ4v) is 2.66. The molecule has 4 heteroatoms. The molecule has 0 radical (unpaired) electrons. The minimum atomic E-state index is -0.971. The summed E-state index contributed by atoms with van der Waals surface area (Å²) in [7, 11) is 0. The van der Waals surface area contributed by atoms with Gasteiger partial charge < -0.3 is 14.6 Å². The normalized spacial score (nSPS) is 10.3. The maximum absolute atomic E-state index is 11.2. The van der Waals surface area contributed by atoms with E-state index in [9.17, 15) is 9.90 Å². The Bertz CT molecular complexity index is 870. The van der Waals surface area contributed by atoms with E-state index in [1.807, 2.05) is 49.4 Å². The molecule has 4 nitrogen and oxygen atoms in total. The summed E-state index contributed by atoms with van der Waals surface area (Å²) in [5.74, 6) is 0.382. The predicted molar refractivity (Wildman–Crippen MR) is 101 cm³/mol. The lowest BCUT2D eigenvalue weighted by Crippen LogP contribution is -2.04. The molecule has 0 atom stereocenters. The first-order chi connectivity index (χ1) is 12.7. The highest BCUT2D eigenvalue weighted by molar-refractivity contribution is 5.88. The number of carbonyl (C=O) groups is 1. The van der Waals surface area contributed by atoms with Gasteiger partial charge in [-0.15, -0.1) is 0 Å². The zero-order chi connectivity index (χ0) is 18.4. The molecule has 0 saturated heterocycles. The third-order valence-corrected chi connectivity index (χ3v) is 3.96. The molecule has 0 saturated carbocycles. The second kappa shape index (κ2) is 8.21. The Kier molecular flexibility index (Phi) is 5.54. The molecular formula is C22H20O4. The maximum Gasteiger partial charge on any atom is 0.335 e. The van der Waals surface area contributed by atoms with Crippen molar-refractivity contribution < 1.29 is 19.4 Å². The molecule has 26 heavy (non-hydrogen) atoms. The van der Waals surface area contributed by atoms with E-state index >= 15 is 0 Å². The van der Waals surface area contributed by atoms with E-state index in [0.29, 0.717) is 23.7 Å². The van der Waals surface area contributed by atoms with Gasteiger partial charge in [0.25, 0.3) is 0 Å². The van der Waals surface area contributed by atoms with Gasteiger partial charge in [0.15, 0.2) is 0 Å². The molecule has 0 aliphatic rings. The number of carboxylic acids is 1. The first-order valence-electron chi connectivity index (χ1n) is 8.44. The van der Waals surface area contributed by atoms with Crippen LogP contribution in [0, 0.1) is 0 Å². The van der Waals surface area contributed by atoms with Crippen LogP contribution >= 0.6 is 0 Å². The molecule has 0 amide bonds. The zero-order valence-electron chi connectivity index (χ0n) is 14.5. The molecule has 0 unspecified atom stereocenters. The minimum Gasteiger partial charge on any atom is -0.493 e. The molecule has 0 aromatic heterocycles. The first kappa shape index (κ1) is 17.5. The van der Waals surface area contributed by atoms with Crippen molar-refractivity contribution in [3.8, 4) is 22.6 Å². The number of benzene rings is 3. The monoisotopic (exact) mass is 348 g/mol. The Balaban J connectivity index is 1.74. The summed E-state index contributed by atoms with van der Waals surface area (Å²) < 4.78 is 11.4. The van der Waals surface area contributed by atoms with E-state index in [1.54, 1.807) is 12.1 Å². The Morgan fingerprint density at radius 3 is 2.23 bits per heavy atom. The summed E-state index contributed by atoms with van der Waals surface area (Å²) in [4.78, 5) is 11.2. The van der Waals surface area contributed by atoms with Gasteiger partial charge in [0.05, 0.1) is 12.2 Å². The lowest BCUT2D eigenvalue weighted by Gasteiger charge is -2.13. The molecular weight excluding hydrogens is 328 g/mol. The van der Waals surface area contributed by atoms with Gasteiger partial charge >= 0.3 is 5.97 Å². The van der Waals surface area contributed by atoms with E-state index in [4.69, 9.17) is 9.47 Å². The summed E-state index contributed by atoms with van der Waals surface area (Å²) in [6, 6.07) is 22.7. The number of ether oxygens (including phenoxy) is 2. The molecule has 132 valence electrons. The van der Waals surface area contributed by atoms with Crippen molar-refractivity contribution in [2.75, 3.05) is 6.61 Å². The largest absolute Gasteiger partial charge is 0.493 e. The molecule has 3 rings (SSSR count). The highest BCUT2D eigenvalue weighted by Gasteiger charge is 2.10. The quantitative estimate of drug-likeness (QED) is 0.651. The van der Waals surface area contributed by atoms with Crippen LogP contribution in [-0.4, -0.2) is 17.7 Å². The van der Waals surface area contributed by atoms with E-state index in [2.05, 4.69) is 12.1 Å². The fourth-order valence-electron chi connectivity index (χ4n) is 2.66. The Hall–Kier alpha value is -3.27. The Morgan fingerprint density at radius 2 is 1.58 bits per heavy atom. The van der Waals surface area contributed by atoms with Gasteiger partial charge in [0.2, 0.25) is 0 Å². The van der Waals surface area contributed by atoms with Crippen molar-refractivity contribution in [1.29, 1.82) is 0 Å². The molecule has 3 aromatic carbocycles. The smallest absolute Gasteiger partial charge is 0.335 e. The van der Waals surface area contributed by atoms with E-state index in [1.165, 1.54) is 6.07 Å². The van der Waals surface area contributed by atoms with Gasteiger partial charge in [0.1, 0.15) is 18.1 Å². The first-order valence-corrected chi connectivity index (χ1v) is 8.44. The molecule has 0 heterocycles. The fraction of sp³-hybridized carbons (Fsp3) is 0.136. The minimum absolute atomic E-state index is 0.214. The average molecular weight is 348 g/mol. The van der Waals surface area contributed by atoms with Gasteiger partial charge in [-0.2, -0.15) is 0 Å². The highest BCUT2D eigenvalue weighted by Crippen LogP contribution is 2.25. The van der Waals surface area contributed by atoms with Crippen molar-refractivity contribution in [3.05, 3.63) is 83.9 Å². The number of hydrogen-bond donors (Lipinski definition) is 1.